The van der Waals surface area contributed by atoms with Crippen LogP contribution in [0.5, 0.6) is 0 Å². The van der Waals surface area contributed by atoms with Crippen molar-refractivity contribution >= 4 is 27.0 Å². The van der Waals surface area contributed by atoms with Crippen LogP contribution in [0.3, 0.4) is 0 Å². The Labute approximate surface area is 186 Å². The molecule has 0 spiro atoms. The largest absolute Gasteiger partial charge is 0.361 e. The number of nitrogens with two attached hydrogens (primary N) is 1. The highest BCUT2D eigenvalue weighted by atomic mass is 32.2. The summed E-state index contributed by atoms with van der Waals surface area (Å²) >= 11 is 0. The van der Waals surface area contributed by atoms with Crippen molar-refractivity contribution in [2.75, 3.05) is 0 Å². The van der Waals surface area contributed by atoms with Crippen LogP contribution in [0.1, 0.15) is 42.1 Å². The Morgan fingerprint density at radius 1 is 1.16 bits per heavy atom. The molecule has 4 N–H and O–H groups in total. The van der Waals surface area contributed by atoms with E-state index in [-0.39, 0.29) is 17.5 Å². The van der Waals surface area contributed by atoms with Crippen molar-refractivity contribution in [2.24, 2.45) is 5.14 Å². The molecule has 5 rings (SSSR count). The van der Waals surface area contributed by atoms with Gasteiger partial charge < -0.3 is 9.97 Å². The first-order valence-corrected chi connectivity index (χ1v) is 12.3. The number of fused-ring (bicyclic) bond motifs is 2. The lowest BCUT2D eigenvalue weighted by atomic mass is 9.88. The molecule has 164 valence electrons. The minimum Gasteiger partial charge on any atom is -0.361 e. The van der Waals surface area contributed by atoms with Crippen molar-refractivity contribution < 1.29 is 12.8 Å². The fraction of sp³-hybridized carbons (Fsp3) is 0.200. The first kappa shape index (κ1) is 20.7. The van der Waals surface area contributed by atoms with Crippen molar-refractivity contribution in [1.29, 1.82) is 0 Å². The summed E-state index contributed by atoms with van der Waals surface area (Å²) in [5, 5.41) is 6.34. The predicted octanol–water partition coefficient (Wildman–Crippen LogP) is 5.45. The standard InChI is InChI=1S/C25H24FN3O2S/c1-14(2)23-24(19-8-4-6-15-5-3-7-17(15)19)22(13-32(27,30)31)29-25(23)20-11-16(26)12-21-18(20)9-10-28-21/h3-4,6-12,14,28-29H,5,13H2,1-2H3,(H2,27,30,31). The smallest absolute Gasteiger partial charge is 0.214 e. The molecule has 0 fully saturated rings. The molecule has 0 atom stereocenters. The molecule has 4 aromatic rings. The minimum atomic E-state index is -3.80. The lowest BCUT2D eigenvalue weighted by molar-refractivity contribution is 0.596. The Morgan fingerprint density at radius 3 is 2.72 bits per heavy atom. The predicted molar refractivity (Wildman–Crippen MR) is 127 cm³/mol. The molecule has 7 heteroatoms. The van der Waals surface area contributed by atoms with E-state index in [4.69, 9.17) is 5.14 Å². The number of rotatable bonds is 5. The molecule has 0 saturated carbocycles. The molecule has 5 nitrogen and oxygen atoms in total. The summed E-state index contributed by atoms with van der Waals surface area (Å²) in [7, 11) is -3.80. The highest BCUT2D eigenvalue weighted by molar-refractivity contribution is 7.88. The van der Waals surface area contributed by atoms with E-state index in [9.17, 15) is 12.8 Å². The van der Waals surface area contributed by atoms with Gasteiger partial charge in [-0.15, -0.1) is 0 Å². The molecule has 0 unspecified atom stereocenters. The number of sulfonamides is 1. The number of aromatic amines is 2. The number of halogens is 1. The summed E-state index contributed by atoms with van der Waals surface area (Å²) in [6, 6.07) is 10.9. The van der Waals surface area contributed by atoms with E-state index in [0.29, 0.717) is 16.8 Å². The zero-order valence-corrected chi connectivity index (χ0v) is 18.7. The van der Waals surface area contributed by atoms with E-state index in [2.05, 4.69) is 42.0 Å². The number of H-pyrrole nitrogens is 2. The first-order valence-electron chi connectivity index (χ1n) is 10.5. The van der Waals surface area contributed by atoms with Gasteiger partial charge in [0.25, 0.3) is 0 Å². The zero-order chi connectivity index (χ0) is 22.6. The van der Waals surface area contributed by atoms with Crippen LogP contribution in [0.15, 0.2) is 48.7 Å². The van der Waals surface area contributed by atoms with Gasteiger partial charge in [0, 0.05) is 33.9 Å². The number of hydrogen-bond donors (Lipinski definition) is 3. The molecule has 2 aromatic heterocycles. The van der Waals surface area contributed by atoms with Crippen molar-refractivity contribution in [3.8, 4) is 22.4 Å². The molecule has 0 saturated heterocycles. The van der Waals surface area contributed by atoms with E-state index in [0.717, 1.165) is 39.8 Å². The molecule has 2 aromatic carbocycles. The number of hydrogen-bond acceptors (Lipinski definition) is 2. The molecular weight excluding hydrogens is 425 g/mol. The van der Waals surface area contributed by atoms with Crippen molar-refractivity contribution in [3.05, 3.63) is 76.9 Å². The lowest BCUT2D eigenvalue weighted by Gasteiger charge is -2.15. The second-order valence-electron chi connectivity index (χ2n) is 8.61. The Bertz CT molecular complexity index is 1490. The minimum absolute atomic E-state index is 0.0453. The Balaban J connectivity index is 1.88. The Hall–Kier alpha value is -3.16. The van der Waals surface area contributed by atoms with Crippen LogP contribution in [-0.2, 0) is 22.2 Å². The summed E-state index contributed by atoms with van der Waals surface area (Å²) in [6.07, 6.45) is 6.79. The second-order valence-corrected chi connectivity index (χ2v) is 10.2. The summed E-state index contributed by atoms with van der Waals surface area (Å²) in [6.45, 7) is 4.12. The maximum atomic E-state index is 14.5. The molecular formula is C25H24FN3O2S. The third kappa shape index (κ3) is 3.47. The van der Waals surface area contributed by atoms with E-state index < -0.39 is 10.0 Å². The molecule has 0 bridgehead atoms. The highest BCUT2D eigenvalue weighted by Crippen LogP contribution is 2.44. The van der Waals surface area contributed by atoms with Gasteiger partial charge in [-0.05, 0) is 52.8 Å². The average molecular weight is 450 g/mol. The van der Waals surface area contributed by atoms with E-state index in [1.165, 1.54) is 17.7 Å². The van der Waals surface area contributed by atoms with Crippen LogP contribution in [-0.4, -0.2) is 18.4 Å². The van der Waals surface area contributed by atoms with Gasteiger partial charge in [0.05, 0.1) is 5.69 Å². The molecule has 0 aliphatic heterocycles. The van der Waals surface area contributed by atoms with Crippen LogP contribution in [0.4, 0.5) is 4.39 Å². The summed E-state index contributed by atoms with van der Waals surface area (Å²) < 4.78 is 38.8. The monoisotopic (exact) mass is 449 g/mol. The molecule has 0 radical (unpaired) electrons. The average Bonchev–Trinajstić information content (AvgIpc) is 3.43. The SMILES string of the molecule is CC(C)c1c(-c2cc(F)cc3[nH]ccc23)[nH]c(CS(N)(=O)=O)c1-c1cccc2c1C=CC2. The molecule has 2 heterocycles. The molecule has 1 aliphatic carbocycles. The fourth-order valence-corrected chi connectivity index (χ4v) is 5.44. The molecule has 32 heavy (non-hydrogen) atoms. The van der Waals surface area contributed by atoms with Gasteiger partial charge in [-0.1, -0.05) is 44.2 Å². The van der Waals surface area contributed by atoms with Crippen LogP contribution in [0, 0.1) is 5.82 Å². The topological polar surface area (TPSA) is 91.7 Å². The maximum Gasteiger partial charge on any atom is 0.214 e. The number of benzene rings is 2. The van der Waals surface area contributed by atoms with Crippen LogP contribution < -0.4 is 5.14 Å². The number of nitrogens with one attached hydrogen (secondary N) is 2. The van der Waals surface area contributed by atoms with Gasteiger partial charge >= 0.3 is 0 Å². The lowest BCUT2D eigenvalue weighted by Crippen LogP contribution is -2.15. The van der Waals surface area contributed by atoms with Gasteiger partial charge in [0.2, 0.25) is 10.0 Å². The highest BCUT2D eigenvalue weighted by Gasteiger charge is 2.27. The van der Waals surface area contributed by atoms with E-state index in [1.54, 1.807) is 6.20 Å². The van der Waals surface area contributed by atoms with Crippen molar-refractivity contribution in [1.82, 2.24) is 9.97 Å². The van der Waals surface area contributed by atoms with Crippen LogP contribution >= 0.6 is 0 Å². The molecule has 0 amide bonds. The maximum absolute atomic E-state index is 14.5. The Morgan fingerprint density at radius 2 is 1.97 bits per heavy atom. The summed E-state index contributed by atoms with van der Waals surface area (Å²) in [5.41, 5.74) is 7.64. The van der Waals surface area contributed by atoms with Gasteiger partial charge in [-0.3, -0.25) is 0 Å². The first-order chi connectivity index (χ1) is 15.2. The second kappa shape index (κ2) is 7.46. The summed E-state index contributed by atoms with van der Waals surface area (Å²) in [5.74, 6) is -0.651. The van der Waals surface area contributed by atoms with Gasteiger partial charge in [0.1, 0.15) is 11.6 Å². The van der Waals surface area contributed by atoms with Crippen LogP contribution in [0.25, 0.3) is 39.4 Å². The van der Waals surface area contributed by atoms with E-state index in [1.807, 2.05) is 18.2 Å². The normalized spacial score (nSPS) is 13.4. The third-order valence-corrected chi connectivity index (χ3v) is 6.72. The van der Waals surface area contributed by atoms with Gasteiger partial charge in [-0.2, -0.15) is 0 Å². The number of aromatic nitrogens is 2. The zero-order valence-electron chi connectivity index (χ0n) is 17.9. The molecule has 1 aliphatic rings. The van der Waals surface area contributed by atoms with Crippen molar-refractivity contribution in [2.45, 2.75) is 31.9 Å². The van der Waals surface area contributed by atoms with Crippen LogP contribution in [0.2, 0.25) is 0 Å². The Kier molecular flexibility index (Phi) is 4.83. The number of allylic oxidation sites excluding steroid dienone is 1. The summed E-state index contributed by atoms with van der Waals surface area (Å²) in [4.78, 5) is 6.41. The fourth-order valence-electron chi connectivity index (χ4n) is 4.82. The van der Waals surface area contributed by atoms with Crippen molar-refractivity contribution in [3.63, 3.8) is 0 Å². The number of primary sulfonamides is 1. The third-order valence-electron chi connectivity index (χ3n) is 6.03. The van der Waals surface area contributed by atoms with Gasteiger partial charge in [0.15, 0.2) is 0 Å². The van der Waals surface area contributed by atoms with Gasteiger partial charge in [-0.25, -0.2) is 17.9 Å². The quantitative estimate of drug-likeness (QED) is 0.378. The van der Waals surface area contributed by atoms with E-state index >= 15 is 0 Å².